The Morgan fingerprint density at radius 1 is 1.06 bits per heavy atom. The van der Waals surface area contributed by atoms with E-state index in [1.54, 1.807) is 12.1 Å². The maximum atomic E-state index is 14.2. The number of hydrogen-bond donors (Lipinski definition) is 3. The second kappa shape index (κ2) is 8.56. The highest BCUT2D eigenvalue weighted by Gasteiger charge is 2.71. The highest BCUT2D eigenvalue weighted by Crippen LogP contribution is 2.74. The van der Waals surface area contributed by atoms with Crippen molar-refractivity contribution in [2.45, 2.75) is 51.1 Å². The average molecular weight is 522 g/mol. The fourth-order valence-corrected chi connectivity index (χ4v) is 7.17. The highest BCUT2D eigenvalue weighted by molar-refractivity contribution is 9.10. The molecule has 33 heavy (non-hydrogen) atoms. The lowest BCUT2D eigenvalue weighted by molar-refractivity contribution is -0.137. The number of benzene rings is 1. The molecule has 0 radical (unpaired) electrons. The molecule has 3 saturated carbocycles. The third-order valence-corrected chi connectivity index (χ3v) is 9.03. The van der Waals surface area contributed by atoms with Crippen LogP contribution in [0, 0.1) is 34.9 Å². The number of halogens is 2. The summed E-state index contributed by atoms with van der Waals surface area (Å²) >= 11 is 3.24. The van der Waals surface area contributed by atoms with Crippen molar-refractivity contribution in [2.24, 2.45) is 29.1 Å². The SMILES string of the molecule is O=C(NCc1ccc(Br)cc1F)[C@@H]1[C@H](C(=O)NC2CCN(C(=O)O)CC2)[C@H]2CC[C@@H]1C21CC1. The number of nitrogens with one attached hydrogen (secondary N) is 2. The van der Waals surface area contributed by atoms with E-state index < -0.39 is 6.09 Å². The zero-order valence-electron chi connectivity index (χ0n) is 18.4. The maximum absolute atomic E-state index is 14.2. The Hall–Kier alpha value is -2.16. The summed E-state index contributed by atoms with van der Waals surface area (Å²) < 4.78 is 14.9. The predicted octanol–water partition coefficient (Wildman–Crippen LogP) is 3.52. The molecule has 4 aliphatic rings. The first-order valence-corrected chi connectivity index (χ1v) is 12.6. The lowest BCUT2D eigenvalue weighted by atomic mass is 9.78. The number of likely N-dealkylation sites (tertiary alicyclic amines) is 1. The fourth-order valence-electron chi connectivity index (χ4n) is 6.84. The molecule has 5 rings (SSSR count). The molecule has 4 fully saturated rings. The van der Waals surface area contributed by atoms with Gasteiger partial charge in [-0.2, -0.15) is 0 Å². The van der Waals surface area contributed by atoms with Crippen LogP contribution in [-0.4, -0.2) is 47.0 Å². The molecule has 1 aliphatic heterocycles. The van der Waals surface area contributed by atoms with Gasteiger partial charge in [-0.25, -0.2) is 9.18 Å². The molecular weight excluding hydrogens is 493 g/mol. The molecule has 1 heterocycles. The van der Waals surface area contributed by atoms with Crippen LogP contribution in [0.3, 0.4) is 0 Å². The summed E-state index contributed by atoms with van der Waals surface area (Å²) in [5.74, 6) is -0.918. The zero-order chi connectivity index (χ0) is 23.3. The molecule has 1 aromatic rings. The van der Waals surface area contributed by atoms with Crippen molar-refractivity contribution >= 4 is 33.8 Å². The van der Waals surface area contributed by atoms with Gasteiger partial charge >= 0.3 is 6.09 Å². The van der Waals surface area contributed by atoms with E-state index in [4.69, 9.17) is 5.11 Å². The van der Waals surface area contributed by atoms with Crippen molar-refractivity contribution in [2.75, 3.05) is 13.1 Å². The quantitative estimate of drug-likeness (QED) is 0.551. The summed E-state index contributed by atoms with van der Waals surface area (Å²) in [7, 11) is 0. The molecule has 3 N–H and O–H groups in total. The summed E-state index contributed by atoms with van der Waals surface area (Å²) in [6, 6.07) is 4.70. The molecule has 1 aromatic carbocycles. The van der Waals surface area contributed by atoms with Gasteiger partial charge in [0.2, 0.25) is 11.8 Å². The Kier molecular flexibility index (Phi) is 5.87. The van der Waals surface area contributed by atoms with Gasteiger partial charge in [-0.05, 0) is 67.9 Å². The Labute approximate surface area is 200 Å². The number of piperidine rings is 1. The molecule has 0 unspecified atom stereocenters. The van der Waals surface area contributed by atoms with Crippen LogP contribution in [0.25, 0.3) is 0 Å². The van der Waals surface area contributed by atoms with Gasteiger partial charge in [0, 0.05) is 35.7 Å². The first kappa shape index (κ1) is 22.6. The largest absolute Gasteiger partial charge is 0.465 e. The Morgan fingerprint density at radius 2 is 1.70 bits per heavy atom. The molecule has 0 aromatic heterocycles. The minimum Gasteiger partial charge on any atom is -0.465 e. The number of carbonyl (C=O) groups is 3. The number of carbonyl (C=O) groups excluding carboxylic acids is 2. The van der Waals surface area contributed by atoms with Gasteiger partial charge in [0.1, 0.15) is 5.82 Å². The number of amides is 3. The van der Waals surface area contributed by atoms with E-state index in [0.29, 0.717) is 36.0 Å². The number of nitrogens with zero attached hydrogens (tertiary/aromatic N) is 1. The van der Waals surface area contributed by atoms with E-state index in [1.165, 1.54) is 11.0 Å². The molecule has 2 bridgehead atoms. The van der Waals surface area contributed by atoms with Crippen molar-refractivity contribution in [3.63, 3.8) is 0 Å². The van der Waals surface area contributed by atoms with Gasteiger partial charge in [0.15, 0.2) is 0 Å². The van der Waals surface area contributed by atoms with Gasteiger partial charge in [-0.1, -0.05) is 22.0 Å². The van der Waals surface area contributed by atoms with E-state index in [1.807, 2.05) is 0 Å². The van der Waals surface area contributed by atoms with Crippen LogP contribution in [0.2, 0.25) is 0 Å². The summed E-state index contributed by atoms with van der Waals surface area (Å²) in [5, 5.41) is 15.2. The Bertz CT molecular complexity index is 976. The van der Waals surface area contributed by atoms with Crippen molar-refractivity contribution < 1.29 is 23.9 Å². The number of hydrogen-bond acceptors (Lipinski definition) is 3. The van der Waals surface area contributed by atoms with Gasteiger partial charge in [0.05, 0.1) is 11.8 Å². The third kappa shape index (κ3) is 4.02. The minimum atomic E-state index is -0.928. The van der Waals surface area contributed by atoms with Crippen molar-refractivity contribution in [3.05, 3.63) is 34.1 Å². The standard InChI is InChI=1S/C24H29BrFN3O4/c25-14-2-1-13(18(26)11-14)12-27-21(30)19-16-3-4-17(24(16)7-8-24)20(19)22(31)28-15-5-9-29(10-6-15)23(32)33/h1-2,11,15-17,19-20H,3-10,12H2,(H,27,30)(H,28,31)(H,32,33)/t16-,17+,19-,20+/m0/s1. The summed E-state index contributed by atoms with van der Waals surface area (Å²) in [4.78, 5) is 39.3. The lowest BCUT2D eigenvalue weighted by Gasteiger charge is -2.34. The van der Waals surface area contributed by atoms with E-state index in [9.17, 15) is 18.8 Å². The van der Waals surface area contributed by atoms with Crippen LogP contribution in [-0.2, 0) is 16.1 Å². The van der Waals surface area contributed by atoms with E-state index >= 15 is 0 Å². The molecule has 1 spiro atoms. The molecule has 4 atom stereocenters. The topological polar surface area (TPSA) is 98.7 Å². The zero-order valence-corrected chi connectivity index (χ0v) is 19.9. The van der Waals surface area contributed by atoms with Gasteiger partial charge in [-0.15, -0.1) is 0 Å². The molecule has 178 valence electrons. The van der Waals surface area contributed by atoms with Crippen LogP contribution >= 0.6 is 15.9 Å². The van der Waals surface area contributed by atoms with Crippen molar-refractivity contribution in [1.82, 2.24) is 15.5 Å². The first-order valence-electron chi connectivity index (χ1n) is 11.8. The molecule has 3 aliphatic carbocycles. The Morgan fingerprint density at radius 3 is 2.27 bits per heavy atom. The second-order valence-electron chi connectivity index (χ2n) is 10.1. The normalized spacial score (nSPS) is 29.8. The van der Waals surface area contributed by atoms with Crippen LogP contribution in [0.5, 0.6) is 0 Å². The van der Waals surface area contributed by atoms with Gasteiger partial charge in [0.25, 0.3) is 0 Å². The molecule has 3 amide bonds. The van der Waals surface area contributed by atoms with Crippen molar-refractivity contribution in [1.29, 1.82) is 0 Å². The predicted molar refractivity (Wildman–Crippen MR) is 122 cm³/mol. The number of rotatable bonds is 5. The molecule has 1 saturated heterocycles. The summed E-state index contributed by atoms with van der Waals surface area (Å²) in [5.41, 5.74) is 0.543. The fraction of sp³-hybridized carbons (Fsp3) is 0.625. The van der Waals surface area contributed by atoms with Crippen LogP contribution in [0.1, 0.15) is 44.1 Å². The molecule has 7 nitrogen and oxygen atoms in total. The Balaban J connectivity index is 1.27. The lowest BCUT2D eigenvalue weighted by Crippen LogP contribution is -2.50. The van der Waals surface area contributed by atoms with Crippen LogP contribution < -0.4 is 10.6 Å². The maximum Gasteiger partial charge on any atom is 0.407 e. The highest BCUT2D eigenvalue weighted by atomic mass is 79.9. The summed E-state index contributed by atoms with van der Waals surface area (Å²) in [6.07, 6.45) is 4.35. The van der Waals surface area contributed by atoms with E-state index in [-0.39, 0.29) is 59.3 Å². The monoisotopic (exact) mass is 521 g/mol. The molecule has 9 heteroatoms. The van der Waals surface area contributed by atoms with Gasteiger partial charge < -0.3 is 20.6 Å². The van der Waals surface area contributed by atoms with Crippen LogP contribution in [0.15, 0.2) is 22.7 Å². The first-order chi connectivity index (χ1) is 15.8. The smallest absolute Gasteiger partial charge is 0.407 e. The number of carboxylic acid groups (broad SMARTS) is 1. The third-order valence-electron chi connectivity index (χ3n) is 8.53. The van der Waals surface area contributed by atoms with E-state index in [2.05, 4.69) is 26.6 Å². The minimum absolute atomic E-state index is 0.0667. The molecular formula is C24H29BrFN3O4. The second-order valence-corrected chi connectivity index (χ2v) is 11.0. The average Bonchev–Trinajstić information content (AvgIpc) is 3.45. The van der Waals surface area contributed by atoms with Crippen LogP contribution in [0.4, 0.5) is 9.18 Å². The summed E-state index contributed by atoms with van der Waals surface area (Å²) in [6.45, 7) is 0.911. The van der Waals surface area contributed by atoms with Gasteiger partial charge in [-0.3, -0.25) is 9.59 Å². The van der Waals surface area contributed by atoms with Crippen molar-refractivity contribution in [3.8, 4) is 0 Å². The van der Waals surface area contributed by atoms with E-state index in [0.717, 1.165) is 25.7 Å².